The molecular formula is C12H19NO. The maximum atomic E-state index is 9.63. The predicted molar refractivity (Wildman–Crippen MR) is 59.7 cm³/mol. The third kappa shape index (κ3) is 3.04. The van der Waals surface area contributed by atoms with E-state index in [-0.39, 0.29) is 0 Å². The lowest BCUT2D eigenvalue weighted by Crippen LogP contribution is -2.15. The lowest BCUT2D eigenvalue weighted by Gasteiger charge is -2.16. The minimum absolute atomic E-state index is 0.415. The molecule has 1 N–H and O–H groups in total. The van der Waals surface area contributed by atoms with Crippen LogP contribution in [0.2, 0.25) is 0 Å². The standard InChI is InChI=1S/C12H19NO/c1-10(8-9-13(2)3)11-6-4-5-7-12(11)14/h4-7,10,14H,8-9H2,1-3H3. The molecule has 1 aromatic carbocycles. The molecule has 14 heavy (non-hydrogen) atoms. The molecule has 2 heteroatoms. The summed E-state index contributed by atoms with van der Waals surface area (Å²) in [6.07, 6.45) is 1.07. The number of hydrogen-bond donors (Lipinski definition) is 1. The largest absolute Gasteiger partial charge is 0.508 e. The molecule has 0 bridgehead atoms. The number of benzene rings is 1. The van der Waals surface area contributed by atoms with Crippen LogP contribution in [0.4, 0.5) is 0 Å². The highest BCUT2D eigenvalue weighted by Gasteiger charge is 2.09. The van der Waals surface area contributed by atoms with E-state index in [0.29, 0.717) is 11.7 Å². The minimum atomic E-state index is 0.415. The van der Waals surface area contributed by atoms with Crippen molar-refractivity contribution < 1.29 is 5.11 Å². The maximum Gasteiger partial charge on any atom is 0.119 e. The van der Waals surface area contributed by atoms with Crippen LogP contribution in [0.3, 0.4) is 0 Å². The topological polar surface area (TPSA) is 23.5 Å². The molecule has 0 aromatic heterocycles. The highest BCUT2D eigenvalue weighted by molar-refractivity contribution is 5.34. The number of rotatable bonds is 4. The minimum Gasteiger partial charge on any atom is -0.508 e. The van der Waals surface area contributed by atoms with E-state index in [1.54, 1.807) is 6.07 Å². The molecular weight excluding hydrogens is 174 g/mol. The fourth-order valence-electron chi connectivity index (χ4n) is 1.51. The second-order valence-electron chi connectivity index (χ2n) is 4.05. The quantitative estimate of drug-likeness (QED) is 0.794. The summed E-state index contributed by atoms with van der Waals surface area (Å²) in [6, 6.07) is 7.58. The molecule has 1 rings (SSSR count). The SMILES string of the molecule is CC(CCN(C)C)c1ccccc1O. The van der Waals surface area contributed by atoms with E-state index in [9.17, 15) is 5.11 Å². The molecule has 0 fully saturated rings. The first kappa shape index (κ1) is 11.1. The normalized spacial score (nSPS) is 13.1. The second-order valence-corrected chi connectivity index (χ2v) is 4.05. The van der Waals surface area contributed by atoms with Crippen molar-refractivity contribution in [3.05, 3.63) is 29.8 Å². The van der Waals surface area contributed by atoms with Gasteiger partial charge in [0.15, 0.2) is 0 Å². The van der Waals surface area contributed by atoms with Gasteiger partial charge in [0.25, 0.3) is 0 Å². The van der Waals surface area contributed by atoms with Crippen molar-refractivity contribution in [3.8, 4) is 5.75 Å². The van der Waals surface area contributed by atoms with Gasteiger partial charge in [-0.2, -0.15) is 0 Å². The molecule has 0 aliphatic rings. The van der Waals surface area contributed by atoms with E-state index in [4.69, 9.17) is 0 Å². The van der Waals surface area contributed by atoms with E-state index in [0.717, 1.165) is 18.5 Å². The van der Waals surface area contributed by atoms with Crippen molar-refractivity contribution in [2.45, 2.75) is 19.3 Å². The second kappa shape index (κ2) is 5.01. The van der Waals surface area contributed by atoms with Crippen LogP contribution in [0.15, 0.2) is 24.3 Å². The Balaban J connectivity index is 2.60. The number of phenolic OH excluding ortho intramolecular Hbond substituents is 1. The number of hydrogen-bond acceptors (Lipinski definition) is 2. The smallest absolute Gasteiger partial charge is 0.119 e. The zero-order valence-corrected chi connectivity index (χ0v) is 9.20. The third-order valence-corrected chi connectivity index (χ3v) is 2.48. The van der Waals surface area contributed by atoms with Crippen LogP contribution in [0.5, 0.6) is 5.75 Å². The van der Waals surface area contributed by atoms with Crippen molar-refractivity contribution in [3.63, 3.8) is 0 Å². The average Bonchev–Trinajstić information content (AvgIpc) is 2.15. The van der Waals surface area contributed by atoms with Crippen molar-refractivity contribution in [1.29, 1.82) is 0 Å². The Kier molecular flexibility index (Phi) is 3.96. The molecule has 0 spiro atoms. The highest BCUT2D eigenvalue weighted by Crippen LogP contribution is 2.27. The molecule has 78 valence electrons. The summed E-state index contributed by atoms with van der Waals surface area (Å²) in [7, 11) is 4.13. The molecule has 0 saturated heterocycles. The Morgan fingerprint density at radius 1 is 1.29 bits per heavy atom. The lowest BCUT2D eigenvalue weighted by molar-refractivity contribution is 0.381. The van der Waals surface area contributed by atoms with E-state index in [1.165, 1.54) is 0 Å². The van der Waals surface area contributed by atoms with Gasteiger partial charge in [0.2, 0.25) is 0 Å². The summed E-state index contributed by atoms with van der Waals surface area (Å²) in [5.74, 6) is 0.831. The summed E-state index contributed by atoms with van der Waals surface area (Å²) in [5, 5.41) is 9.63. The molecule has 1 atom stereocenters. The number of aromatic hydroxyl groups is 1. The molecule has 0 aliphatic carbocycles. The number of phenols is 1. The molecule has 0 amide bonds. The molecule has 1 aromatic rings. The van der Waals surface area contributed by atoms with Gasteiger partial charge in [0.1, 0.15) is 5.75 Å². The van der Waals surface area contributed by atoms with Gasteiger partial charge in [0.05, 0.1) is 0 Å². The fraction of sp³-hybridized carbons (Fsp3) is 0.500. The Morgan fingerprint density at radius 3 is 2.50 bits per heavy atom. The summed E-state index contributed by atoms with van der Waals surface area (Å²) in [5.41, 5.74) is 1.05. The number of nitrogens with zero attached hydrogens (tertiary/aromatic N) is 1. The maximum absolute atomic E-state index is 9.63. The Morgan fingerprint density at radius 2 is 1.93 bits per heavy atom. The van der Waals surface area contributed by atoms with Gasteiger partial charge in [-0.1, -0.05) is 25.1 Å². The average molecular weight is 193 g/mol. The lowest BCUT2D eigenvalue weighted by atomic mass is 9.97. The molecule has 0 aliphatic heterocycles. The van der Waals surface area contributed by atoms with Gasteiger partial charge in [-0.25, -0.2) is 0 Å². The van der Waals surface area contributed by atoms with E-state index >= 15 is 0 Å². The summed E-state index contributed by atoms with van der Waals surface area (Å²) >= 11 is 0. The van der Waals surface area contributed by atoms with Crippen LogP contribution < -0.4 is 0 Å². The molecule has 2 nitrogen and oxygen atoms in total. The summed E-state index contributed by atoms with van der Waals surface area (Å²) in [6.45, 7) is 3.20. The molecule has 0 radical (unpaired) electrons. The van der Waals surface area contributed by atoms with Gasteiger partial charge in [-0.3, -0.25) is 0 Å². The van der Waals surface area contributed by atoms with Crippen LogP contribution in [-0.4, -0.2) is 30.6 Å². The summed E-state index contributed by atoms with van der Waals surface area (Å²) in [4.78, 5) is 2.16. The first-order valence-electron chi connectivity index (χ1n) is 5.04. The fourth-order valence-corrected chi connectivity index (χ4v) is 1.51. The van der Waals surface area contributed by atoms with E-state index in [1.807, 2.05) is 18.2 Å². The molecule has 1 unspecified atom stereocenters. The van der Waals surface area contributed by atoms with Crippen LogP contribution >= 0.6 is 0 Å². The Labute approximate surface area is 86.2 Å². The van der Waals surface area contributed by atoms with Crippen LogP contribution in [0, 0.1) is 0 Å². The Hall–Kier alpha value is -1.02. The zero-order chi connectivity index (χ0) is 10.6. The zero-order valence-electron chi connectivity index (χ0n) is 9.20. The van der Waals surface area contributed by atoms with Crippen LogP contribution in [0.25, 0.3) is 0 Å². The first-order valence-corrected chi connectivity index (χ1v) is 5.04. The number of para-hydroxylation sites is 1. The van der Waals surface area contributed by atoms with Crippen LogP contribution in [0.1, 0.15) is 24.8 Å². The van der Waals surface area contributed by atoms with E-state index < -0.39 is 0 Å². The monoisotopic (exact) mass is 193 g/mol. The first-order chi connectivity index (χ1) is 6.61. The van der Waals surface area contributed by atoms with Crippen molar-refractivity contribution >= 4 is 0 Å². The molecule has 0 saturated carbocycles. The highest BCUT2D eigenvalue weighted by atomic mass is 16.3. The van der Waals surface area contributed by atoms with Crippen molar-refractivity contribution in [2.24, 2.45) is 0 Å². The summed E-state index contributed by atoms with van der Waals surface area (Å²) < 4.78 is 0. The predicted octanol–water partition coefficient (Wildman–Crippen LogP) is 2.45. The van der Waals surface area contributed by atoms with Gasteiger partial charge in [0, 0.05) is 0 Å². The van der Waals surface area contributed by atoms with Crippen molar-refractivity contribution in [2.75, 3.05) is 20.6 Å². The van der Waals surface area contributed by atoms with Crippen LogP contribution in [-0.2, 0) is 0 Å². The third-order valence-electron chi connectivity index (χ3n) is 2.48. The van der Waals surface area contributed by atoms with Gasteiger partial charge in [-0.05, 0) is 44.6 Å². The van der Waals surface area contributed by atoms with Gasteiger partial charge >= 0.3 is 0 Å². The Bertz CT molecular complexity index is 283. The molecule has 0 heterocycles. The van der Waals surface area contributed by atoms with E-state index in [2.05, 4.69) is 25.9 Å². The van der Waals surface area contributed by atoms with Gasteiger partial charge < -0.3 is 10.0 Å². The van der Waals surface area contributed by atoms with Crippen molar-refractivity contribution in [1.82, 2.24) is 4.90 Å². The van der Waals surface area contributed by atoms with Gasteiger partial charge in [-0.15, -0.1) is 0 Å².